The number of benzene rings is 2. The molecule has 0 aliphatic heterocycles. The Morgan fingerprint density at radius 1 is 0.833 bits per heavy atom. The van der Waals surface area contributed by atoms with Gasteiger partial charge in [0.15, 0.2) is 0 Å². The van der Waals surface area contributed by atoms with Crippen LogP contribution in [-0.4, -0.2) is 0 Å². The second-order valence-electron chi connectivity index (χ2n) is 4.99. The molecule has 1 heteroatoms. The summed E-state index contributed by atoms with van der Waals surface area (Å²) in [6, 6.07) is 14.4. The van der Waals surface area contributed by atoms with Gasteiger partial charge in [0.1, 0.15) is 11.5 Å². The van der Waals surface area contributed by atoms with Crippen molar-refractivity contribution in [1.82, 2.24) is 0 Å². The van der Waals surface area contributed by atoms with Gasteiger partial charge in [0, 0.05) is 0 Å². The zero-order valence-electron chi connectivity index (χ0n) is 11.5. The third kappa shape index (κ3) is 2.56. The first-order valence-corrected chi connectivity index (χ1v) is 6.42. The molecule has 0 N–H and O–H groups in total. The molecule has 0 aliphatic rings. The van der Waals surface area contributed by atoms with E-state index in [9.17, 15) is 0 Å². The Morgan fingerprint density at radius 3 is 2.22 bits per heavy atom. The van der Waals surface area contributed by atoms with Crippen molar-refractivity contribution in [2.45, 2.75) is 33.6 Å². The summed E-state index contributed by atoms with van der Waals surface area (Å²) in [4.78, 5) is 0. The van der Waals surface area contributed by atoms with E-state index in [-0.39, 0.29) is 0 Å². The molecule has 0 saturated heterocycles. The Balaban J connectivity index is 2.37. The fourth-order valence-corrected chi connectivity index (χ4v) is 2.00. The molecule has 0 unspecified atom stereocenters. The molecule has 0 aliphatic carbocycles. The van der Waals surface area contributed by atoms with E-state index in [0.29, 0.717) is 5.92 Å². The molecule has 0 amide bonds. The van der Waals surface area contributed by atoms with E-state index in [2.05, 4.69) is 45.9 Å². The van der Waals surface area contributed by atoms with Crippen molar-refractivity contribution in [2.24, 2.45) is 0 Å². The SMILES string of the molecule is Cc1cccc(Oc2ccccc2C(C)C)c1C. The molecule has 2 rings (SSSR count). The molecular formula is C17H20O. The standard InChI is InChI=1S/C17H20O/c1-12(2)15-9-5-6-10-17(15)18-16-11-7-8-13(3)14(16)4/h5-12H,1-4H3. The first-order chi connectivity index (χ1) is 8.59. The molecular weight excluding hydrogens is 220 g/mol. The van der Waals surface area contributed by atoms with Gasteiger partial charge in [0.2, 0.25) is 0 Å². The highest BCUT2D eigenvalue weighted by molar-refractivity contribution is 5.44. The number of ether oxygens (including phenoxy) is 1. The summed E-state index contributed by atoms with van der Waals surface area (Å²) in [7, 11) is 0. The minimum absolute atomic E-state index is 0.464. The highest BCUT2D eigenvalue weighted by Gasteiger charge is 2.09. The van der Waals surface area contributed by atoms with E-state index in [1.807, 2.05) is 24.3 Å². The van der Waals surface area contributed by atoms with Gasteiger partial charge in [-0.1, -0.05) is 44.2 Å². The van der Waals surface area contributed by atoms with Gasteiger partial charge in [0.05, 0.1) is 0 Å². The fourth-order valence-electron chi connectivity index (χ4n) is 2.00. The first-order valence-electron chi connectivity index (χ1n) is 6.42. The monoisotopic (exact) mass is 240 g/mol. The summed E-state index contributed by atoms with van der Waals surface area (Å²) >= 11 is 0. The number of hydrogen-bond donors (Lipinski definition) is 0. The van der Waals surface area contributed by atoms with E-state index in [1.54, 1.807) is 0 Å². The smallest absolute Gasteiger partial charge is 0.130 e. The number of aryl methyl sites for hydroxylation is 1. The molecule has 0 bridgehead atoms. The van der Waals surface area contributed by atoms with Gasteiger partial charge in [-0.15, -0.1) is 0 Å². The van der Waals surface area contributed by atoms with Crippen LogP contribution in [0.1, 0.15) is 36.5 Å². The molecule has 0 fully saturated rings. The molecule has 2 aromatic carbocycles. The number of para-hydroxylation sites is 1. The Labute approximate surface area is 109 Å². The van der Waals surface area contributed by atoms with Crippen molar-refractivity contribution in [3.05, 3.63) is 59.2 Å². The lowest BCUT2D eigenvalue weighted by Gasteiger charge is -2.15. The van der Waals surface area contributed by atoms with Gasteiger partial charge >= 0.3 is 0 Å². The predicted molar refractivity (Wildman–Crippen MR) is 76.5 cm³/mol. The molecule has 0 atom stereocenters. The van der Waals surface area contributed by atoms with Gasteiger partial charge in [0.25, 0.3) is 0 Å². The van der Waals surface area contributed by atoms with Gasteiger partial charge in [-0.25, -0.2) is 0 Å². The van der Waals surface area contributed by atoms with E-state index in [1.165, 1.54) is 16.7 Å². The topological polar surface area (TPSA) is 9.23 Å². The van der Waals surface area contributed by atoms with Crippen molar-refractivity contribution in [3.8, 4) is 11.5 Å². The minimum Gasteiger partial charge on any atom is -0.457 e. The van der Waals surface area contributed by atoms with Gasteiger partial charge in [-0.05, 0) is 48.6 Å². The van der Waals surface area contributed by atoms with Crippen molar-refractivity contribution in [1.29, 1.82) is 0 Å². The molecule has 0 saturated carbocycles. The lowest BCUT2D eigenvalue weighted by molar-refractivity contribution is 0.469. The largest absolute Gasteiger partial charge is 0.457 e. The third-order valence-corrected chi connectivity index (χ3v) is 3.32. The average molecular weight is 240 g/mol. The molecule has 0 aromatic heterocycles. The van der Waals surface area contributed by atoms with Crippen LogP contribution >= 0.6 is 0 Å². The van der Waals surface area contributed by atoms with Crippen LogP contribution in [0.5, 0.6) is 11.5 Å². The van der Waals surface area contributed by atoms with Crippen LogP contribution < -0.4 is 4.74 Å². The highest BCUT2D eigenvalue weighted by Crippen LogP contribution is 2.32. The molecule has 1 nitrogen and oxygen atoms in total. The van der Waals surface area contributed by atoms with E-state index in [0.717, 1.165) is 11.5 Å². The average Bonchev–Trinajstić information content (AvgIpc) is 2.35. The quantitative estimate of drug-likeness (QED) is 0.714. The molecule has 94 valence electrons. The summed E-state index contributed by atoms with van der Waals surface area (Å²) in [6.07, 6.45) is 0. The van der Waals surface area contributed by atoms with Crippen LogP contribution in [0.15, 0.2) is 42.5 Å². The summed E-state index contributed by atoms with van der Waals surface area (Å²) in [6.45, 7) is 8.58. The zero-order valence-corrected chi connectivity index (χ0v) is 11.5. The summed E-state index contributed by atoms with van der Waals surface area (Å²) in [5.41, 5.74) is 3.71. The molecule has 2 aromatic rings. The summed E-state index contributed by atoms with van der Waals surface area (Å²) < 4.78 is 6.08. The van der Waals surface area contributed by atoms with Crippen LogP contribution in [0, 0.1) is 13.8 Å². The molecule has 0 spiro atoms. The van der Waals surface area contributed by atoms with Crippen LogP contribution in [0.2, 0.25) is 0 Å². The molecule has 18 heavy (non-hydrogen) atoms. The summed E-state index contributed by atoms with van der Waals surface area (Å²) in [5, 5.41) is 0. The van der Waals surface area contributed by atoms with Crippen LogP contribution in [-0.2, 0) is 0 Å². The second-order valence-corrected chi connectivity index (χ2v) is 4.99. The summed E-state index contributed by atoms with van der Waals surface area (Å²) in [5.74, 6) is 2.37. The minimum atomic E-state index is 0.464. The lowest BCUT2D eigenvalue weighted by Crippen LogP contribution is -1.95. The van der Waals surface area contributed by atoms with E-state index >= 15 is 0 Å². The predicted octanol–water partition coefficient (Wildman–Crippen LogP) is 5.22. The Morgan fingerprint density at radius 2 is 1.50 bits per heavy atom. The third-order valence-electron chi connectivity index (χ3n) is 3.32. The van der Waals surface area contributed by atoms with Crippen molar-refractivity contribution < 1.29 is 4.74 Å². The number of rotatable bonds is 3. The van der Waals surface area contributed by atoms with Crippen molar-refractivity contribution in [3.63, 3.8) is 0 Å². The maximum atomic E-state index is 6.08. The Kier molecular flexibility index (Phi) is 3.71. The Hall–Kier alpha value is -1.76. The highest BCUT2D eigenvalue weighted by atomic mass is 16.5. The van der Waals surface area contributed by atoms with Crippen molar-refractivity contribution in [2.75, 3.05) is 0 Å². The number of hydrogen-bond acceptors (Lipinski definition) is 1. The van der Waals surface area contributed by atoms with Crippen molar-refractivity contribution >= 4 is 0 Å². The zero-order chi connectivity index (χ0) is 13.1. The molecule has 0 heterocycles. The lowest BCUT2D eigenvalue weighted by atomic mass is 10.0. The first kappa shape index (κ1) is 12.7. The fraction of sp³-hybridized carbons (Fsp3) is 0.294. The van der Waals surface area contributed by atoms with Crippen LogP contribution in [0.25, 0.3) is 0 Å². The van der Waals surface area contributed by atoms with Crippen LogP contribution in [0.3, 0.4) is 0 Å². The van der Waals surface area contributed by atoms with Crippen LogP contribution in [0.4, 0.5) is 0 Å². The van der Waals surface area contributed by atoms with Gasteiger partial charge in [-0.3, -0.25) is 0 Å². The maximum absolute atomic E-state index is 6.08. The normalized spacial score (nSPS) is 10.7. The van der Waals surface area contributed by atoms with E-state index in [4.69, 9.17) is 4.74 Å². The maximum Gasteiger partial charge on any atom is 0.130 e. The van der Waals surface area contributed by atoms with E-state index < -0.39 is 0 Å². The van der Waals surface area contributed by atoms with Gasteiger partial charge < -0.3 is 4.74 Å². The second kappa shape index (κ2) is 5.26. The Bertz CT molecular complexity index is 541. The molecule has 0 radical (unpaired) electrons. The van der Waals surface area contributed by atoms with Gasteiger partial charge in [-0.2, -0.15) is 0 Å².